The van der Waals surface area contributed by atoms with E-state index in [1.54, 1.807) is 9.13 Å². The van der Waals surface area contributed by atoms with Crippen LogP contribution in [0.3, 0.4) is 0 Å². The summed E-state index contributed by atoms with van der Waals surface area (Å²) in [6, 6.07) is 4.75. The summed E-state index contributed by atoms with van der Waals surface area (Å²) in [7, 11) is 0. The number of nitrogens with zero attached hydrogens (tertiary/aromatic N) is 2. The van der Waals surface area contributed by atoms with Crippen molar-refractivity contribution >= 4 is 21.8 Å². The summed E-state index contributed by atoms with van der Waals surface area (Å²) >= 11 is 0. The van der Waals surface area contributed by atoms with Crippen molar-refractivity contribution in [2.45, 2.75) is 58.0 Å². The molecular weight excluding hydrogens is 454 g/mol. The number of hydrogen-bond acceptors (Lipinski definition) is 4. The highest BCUT2D eigenvalue weighted by atomic mass is 19.1. The Bertz CT molecular complexity index is 1580. The van der Waals surface area contributed by atoms with Crippen LogP contribution >= 0.6 is 0 Å². The Hall–Kier alpha value is -3.68. The van der Waals surface area contributed by atoms with Crippen molar-refractivity contribution in [3.05, 3.63) is 78.9 Å². The van der Waals surface area contributed by atoms with Gasteiger partial charge in [0.15, 0.2) is 0 Å². The number of benzene rings is 2. The van der Waals surface area contributed by atoms with Gasteiger partial charge in [0.2, 0.25) is 0 Å². The highest BCUT2D eigenvalue weighted by Crippen LogP contribution is 2.39. The number of halogens is 2. The second kappa shape index (κ2) is 7.41. The lowest BCUT2D eigenvalue weighted by atomic mass is 9.92. The van der Waals surface area contributed by atoms with E-state index >= 15 is 0 Å². The molecule has 0 unspecified atom stereocenters. The van der Waals surface area contributed by atoms with Crippen LogP contribution in [-0.4, -0.2) is 19.3 Å². The molecule has 0 fully saturated rings. The number of hydrogen-bond donors (Lipinski definition) is 2. The van der Waals surface area contributed by atoms with Crippen LogP contribution in [0.1, 0.15) is 61.0 Å². The van der Waals surface area contributed by atoms with Crippen LogP contribution < -0.4 is 11.1 Å². The van der Waals surface area contributed by atoms with Gasteiger partial charge in [0, 0.05) is 29.3 Å². The predicted molar refractivity (Wildman–Crippen MR) is 129 cm³/mol. The maximum absolute atomic E-state index is 14.4. The van der Waals surface area contributed by atoms with Gasteiger partial charge in [-0.15, -0.1) is 0 Å². The molecule has 6 nitrogen and oxygen atoms in total. The van der Waals surface area contributed by atoms with Crippen molar-refractivity contribution in [2.75, 3.05) is 0 Å². The van der Waals surface area contributed by atoms with Gasteiger partial charge in [0.05, 0.1) is 22.2 Å². The summed E-state index contributed by atoms with van der Waals surface area (Å²) in [5.41, 5.74) is 1.11. The average molecular weight is 478 g/mol. The van der Waals surface area contributed by atoms with Crippen LogP contribution in [0, 0.1) is 11.6 Å². The van der Waals surface area contributed by atoms with Crippen molar-refractivity contribution in [1.82, 2.24) is 9.13 Å². The highest BCUT2D eigenvalue weighted by molar-refractivity contribution is 5.91. The molecule has 2 aliphatic heterocycles. The molecule has 0 spiro atoms. The van der Waals surface area contributed by atoms with Crippen molar-refractivity contribution in [2.24, 2.45) is 0 Å². The standard InChI is InChI=1S/C27H24F2N2O4/c1-12-3-5-14-7-16(28)9-18-22(14)30(12)26(34)20(24(18)32)11-21-25(33)19-10-17(29)8-15-6-4-13(2)31(23(15)19)27(21)35/h7-10,12-13,32-33H,3-6,11H2,1-2H3/t12-,13+. The number of aryl methyl sites for hydroxylation is 2. The topological polar surface area (TPSA) is 84.5 Å². The molecule has 35 heavy (non-hydrogen) atoms. The smallest absolute Gasteiger partial charge is 0.258 e. The SMILES string of the molecule is C[C@@H]1CCc2cc(F)cc3c(O)c(Cc4c(O)c5cc(F)cc6c5n(c4=O)[C@@H](C)CC6)c(=O)n1c23. The second-order valence-electron chi connectivity index (χ2n) is 9.88. The summed E-state index contributed by atoms with van der Waals surface area (Å²) < 4.78 is 31.8. The molecule has 0 amide bonds. The Kier molecular flexibility index (Phi) is 4.62. The molecule has 0 bridgehead atoms. The molecule has 2 aromatic carbocycles. The fourth-order valence-corrected chi connectivity index (χ4v) is 5.97. The predicted octanol–water partition coefficient (Wildman–Crippen LogP) is 4.61. The van der Waals surface area contributed by atoms with Crippen LogP contribution in [0.4, 0.5) is 8.78 Å². The van der Waals surface area contributed by atoms with Crippen LogP contribution in [0.15, 0.2) is 33.9 Å². The van der Waals surface area contributed by atoms with E-state index in [2.05, 4.69) is 0 Å². The van der Waals surface area contributed by atoms with E-state index in [0.29, 0.717) is 47.8 Å². The number of rotatable bonds is 2. The van der Waals surface area contributed by atoms with E-state index in [-0.39, 0.29) is 40.4 Å². The summed E-state index contributed by atoms with van der Waals surface area (Å²) in [6.07, 6.45) is 2.05. The van der Waals surface area contributed by atoms with Crippen molar-refractivity contribution < 1.29 is 19.0 Å². The van der Waals surface area contributed by atoms with E-state index in [9.17, 15) is 28.6 Å². The Morgan fingerprint density at radius 1 is 0.771 bits per heavy atom. The molecule has 4 aromatic rings. The van der Waals surface area contributed by atoms with Gasteiger partial charge in [-0.3, -0.25) is 9.59 Å². The molecule has 4 heterocycles. The Balaban J connectivity index is 1.67. The highest BCUT2D eigenvalue weighted by Gasteiger charge is 2.29. The first-order valence-corrected chi connectivity index (χ1v) is 11.8. The van der Waals surface area contributed by atoms with Gasteiger partial charge in [0.1, 0.15) is 23.1 Å². The fourth-order valence-electron chi connectivity index (χ4n) is 5.97. The van der Waals surface area contributed by atoms with E-state index in [4.69, 9.17) is 0 Å². The van der Waals surface area contributed by atoms with E-state index in [1.807, 2.05) is 13.8 Å². The first-order chi connectivity index (χ1) is 16.7. The summed E-state index contributed by atoms with van der Waals surface area (Å²) in [6.45, 7) is 3.76. The monoisotopic (exact) mass is 478 g/mol. The molecule has 6 rings (SSSR count). The molecule has 0 radical (unpaired) electrons. The molecule has 2 aliphatic rings. The van der Waals surface area contributed by atoms with Crippen LogP contribution in [0.5, 0.6) is 11.5 Å². The van der Waals surface area contributed by atoms with Crippen LogP contribution in [0.2, 0.25) is 0 Å². The number of pyridine rings is 2. The van der Waals surface area contributed by atoms with Gasteiger partial charge in [-0.05, 0) is 74.9 Å². The van der Waals surface area contributed by atoms with E-state index in [1.165, 1.54) is 24.3 Å². The lowest BCUT2D eigenvalue weighted by molar-refractivity contribution is 0.447. The Labute approximate surface area is 198 Å². The molecule has 2 N–H and O–H groups in total. The van der Waals surface area contributed by atoms with Crippen molar-refractivity contribution in [3.63, 3.8) is 0 Å². The lowest BCUT2D eigenvalue weighted by Crippen LogP contribution is -2.33. The fraction of sp³-hybridized carbons (Fsp3) is 0.333. The molecule has 8 heteroatoms. The van der Waals surface area contributed by atoms with Gasteiger partial charge >= 0.3 is 0 Å². The minimum absolute atomic E-state index is 0.0950. The molecule has 2 atom stereocenters. The zero-order valence-corrected chi connectivity index (χ0v) is 19.4. The third-order valence-corrected chi connectivity index (χ3v) is 7.72. The Morgan fingerprint density at radius 3 is 1.57 bits per heavy atom. The Morgan fingerprint density at radius 2 is 1.17 bits per heavy atom. The van der Waals surface area contributed by atoms with Gasteiger partial charge in [-0.1, -0.05) is 0 Å². The number of aromatic nitrogens is 2. The molecular formula is C27H24F2N2O4. The van der Waals surface area contributed by atoms with Gasteiger partial charge < -0.3 is 19.3 Å². The van der Waals surface area contributed by atoms with Gasteiger partial charge in [-0.2, -0.15) is 0 Å². The van der Waals surface area contributed by atoms with Gasteiger partial charge in [-0.25, -0.2) is 8.78 Å². The first-order valence-electron chi connectivity index (χ1n) is 11.8. The molecule has 0 saturated heterocycles. The molecule has 0 aliphatic carbocycles. The summed E-state index contributed by atoms with van der Waals surface area (Å²) in [4.78, 5) is 27.2. The molecule has 0 saturated carbocycles. The molecule has 2 aromatic heterocycles. The van der Waals surface area contributed by atoms with Gasteiger partial charge in [0.25, 0.3) is 11.1 Å². The normalized spacial score (nSPS) is 19.0. The maximum atomic E-state index is 14.4. The first kappa shape index (κ1) is 21.8. The quantitative estimate of drug-likeness (QED) is 0.441. The third kappa shape index (κ3) is 2.98. The van der Waals surface area contributed by atoms with Crippen LogP contribution in [-0.2, 0) is 19.3 Å². The second-order valence-corrected chi connectivity index (χ2v) is 9.88. The minimum Gasteiger partial charge on any atom is -0.507 e. The van der Waals surface area contributed by atoms with Crippen molar-refractivity contribution in [3.8, 4) is 11.5 Å². The zero-order valence-electron chi connectivity index (χ0n) is 19.4. The van der Waals surface area contributed by atoms with Crippen molar-refractivity contribution in [1.29, 1.82) is 0 Å². The zero-order chi connectivity index (χ0) is 24.8. The third-order valence-electron chi connectivity index (χ3n) is 7.72. The lowest BCUT2D eigenvalue weighted by Gasteiger charge is -2.28. The minimum atomic E-state index is -0.525. The largest absolute Gasteiger partial charge is 0.507 e. The summed E-state index contributed by atoms with van der Waals surface area (Å²) in [5.74, 6) is -1.85. The average Bonchev–Trinajstić information content (AvgIpc) is 2.81. The van der Waals surface area contributed by atoms with E-state index < -0.39 is 34.3 Å². The summed E-state index contributed by atoms with van der Waals surface area (Å²) in [5, 5.41) is 22.6. The molecule has 180 valence electrons. The van der Waals surface area contributed by atoms with E-state index in [0.717, 1.165) is 0 Å². The maximum Gasteiger partial charge on any atom is 0.258 e. The van der Waals surface area contributed by atoms with Crippen LogP contribution in [0.25, 0.3) is 21.8 Å². The number of aromatic hydroxyl groups is 2.